The molecule has 1 aromatic carbocycles. The summed E-state index contributed by atoms with van der Waals surface area (Å²) in [7, 11) is 0. The molecule has 1 N–H and O–H groups in total. The molecule has 2 rings (SSSR count). The van der Waals surface area contributed by atoms with E-state index in [0.717, 1.165) is 16.1 Å². The van der Waals surface area contributed by atoms with E-state index in [1.807, 2.05) is 42.7 Å². The van der Waals surface area contributed by atoms with Crippen molar-refractivity contribution < 1.29 is 4.79 Å². The summed E-state index contributed by atoms with van der Waals surface area (Å²) in [5.74, 6) is -0.151. The van der Waals surface area contributed by atoms with Crippen LogP contribution in [0.15, 0.2) is 59.8 Å². The molecule has 4 heteroatoms. The van der Waals surface area contributed by atoms with Gasteiger partial charge in [-0.05, 0) is 42.2 Å². The molecule has 1 amide bonds. The van der Waals surface area contributed by atoms with E-state index in [4.69, 9.17) is 0 Å². The summed E-state index contributed by atoms with van der Waals surface area (Å²) in [5, 5.41) is 2.83. The second-order valence-corrected chi connectivity index (χ2v) is 4.72. The third-order valence-corrected chi connectivity index (χ3v) is 3.17. The smallest absolute Gasteiger partial charge is 0.248 e. The first kappa shape index (κ1) is 13.4. The van der Waals surface area contributed by atoms with E-state index in [0.29, 0.717) is 0 Å². The summed E-state index contributed by atoms with van der Waals surface area (Å²) in [5.41, 5.74) is 1.70. The lowest BCUT2D eigenvalue weighted by atomic mass is 10.2. The maximum atomic E-state index is 11.8. The zero-order valence-corrected chi connectivity index (χ0v) is 11.4. The minimum Gasteiger partial charge on any atom is -0.322 e. The number of hydrogen-bond donors (Lipinski definition) is 1. The van der Waals surface area contributed by atoms with Crippen LogP contribution in [-0.4, -0.2) is 17.1 Å². The van der Waals surface area contributed by atoms with Gasteiger partial charge in [0.2, 0.25) is 5.91 Å². The number of aromatic nitrogens is 1. The maximum absolute atomic E-state index is 11.8. The molecular formula is C15H14N2OS. The van der Waals surface area contributed by atoms with Crippen molar-refractivity contribution in [1.82, 2.24) is 4.98 Å². The fourth-order valence-corrected chi connectivity index (χ4v) is 1.99. The van der Waals surface area contributed by atoms with Gasteiger partial charge in [0.05, 0.1) is 0 Å². The van der Waals surface area contributed by atoms with Crippen molar-refractivity contribution >= 4 is 29.4 Å². The van der Waals surface area contributed by atoms with Gasteiger partial charge < -0.3 is 5.32 Å². The molecule has 0 fully saturated rings. The van der Waals surface area contributed by atoms with Crippen LogP contribution in [0.1, 0.15) is 5.56 Å². The Kier molecular flexibility index (Phi) is 4.75. The van der Waals surface area contributed by atoms with E-state index in [9.17, 15) is 4.79 Å². The monoisotopic (exact) mass is 270 g/mol. The Morgan fingerprint density at radius 3 is 2.95 bits per heavy atom. The molecule has 2 aromatic rings. The quantitative estimate of drug-likeness (QED) is 0.683. The number of benzene rings is 1. The van der Waals surface area contributed by atoms with Gasteiger partial charge in [0.25, 0.3) is 0 Å². The molecule has 0 saturated heterocycles. The number of nitrogens with one attached hydrogen (secondary N) is 1. The molecule has 0 saturated carbocycles. The molecular weight excluding hydrogens is 256 g/mol. The van der Waals surface area contributed by atoms with Gasteiger partial charge >= 0.3 is 0 Å². The van der Waals surface area contributed by atoms with E-state index < -0.39 is 0 Å². The van der Waals surface area contributed by atoms with E-state index >= 15 is 0 Å². The molecule has 0 bridgehead atoms. The molecule has 1 heterocycles. The first-order chi connectivity index (χ1) is 9.28. The van der Waals surface area contributed by atoms with Crippen molar-refractivity contribution in [2.75, 3.05) is 11.6 Å². The molecule has 3 nitrogen and oxygen atoms in total. The highest BCUT2D eigenvalue weighted by Crippen LogP contribution is 2.18. The van der Waals surface area contributed by atoms with Crippen molar-refractivity contribution in [3.05, 3.63) is 60.4 Å². The van der Waals surface area contributed by atoms with Crippen LogP contribution >= 0.6 is 11.8 Å². The summed E-state index contributed by atoms with van der Waals surface area (Å²) in [6.45, 7) is 0. The molecule has 0 atom stereocenters. The van der Waals surface area contributed by atoms with Crippen LogP contribution in [-0.2, 0) is 4.79 Å². The predicted octanol–water partition coefficient (Wildman–Crippen LogP) is 3.46. The van der Waals surface area contributed by atoms with E-state index in [1.54, 1.807) is 30.2 Å². The first-order valence-electron chi connectivity index (χ1n) is 5.81. The van der Waals surface area contributed by atoms with Crippen molar-refractivity contribution in [3.63, 3.8) is 0 Å². The first-order valence-corrected chi connectivity index (χ1v) is 7.03. The van der Waals surface area contributed by atoms with Gasteiger partial charge in [-0.15, -0.1) is 11.8 Å². The van der Waals surface area contributed by atoms with Crippen LogP contribution in [0.5, 0.6) is 0 Å². The summed E-state index contributed by atoms with van der Waals surface area (Å²) in [6.07, 6.45) is 8.65. The SMILES string of the molecule is CSc1cccc(NC(=O)/C=C/c2cccnc2)c1. The van der Waals surface area contributed by atoms with E-state index in [2.05, 4.69) is 10.3 Å². The van der Waals surface area contributed by atoms with Crippen molar-refractivity contribution in [3.8, 4) is 0 Å². The van der Waals surface area contributed by atoms with Gasteiger partial charge in [0.1, 0.15) is 0 Å². The maximum Gasteiger partial charge on any atom is 0.248 e. The molecule has 0 aliphatic carbocycles. The minimum atomic E-state index is -0.151. The molecule has 0 aliphatic rings. The molecule has 96 valence electrons. The predicted molar refractivity (Wildman–Crippen MR) is 80.1 cm³/mol. The summed E-state index contributed by atoms with van der Waals surface area (Å²) >= 11 is 1.64. The Hall–Kier alpha value is -2.07. The molecule has 0 radical (unpaired) electrons. The Morgan fingerprint density at radius 2 is 2.21 bits per heavy atom. The number of hydrogen-bond acceptors (Lipinski definition) is 3. The number of nitrogens with zero attached hydrogens (tertiary/aromatic N) is 1. The van der Waals surface area contributed by atoms with Crippen molar-refractivity contribution in [2.45, 2.75) is 4.90 Å². The number of carbonyl (C=O) groups excluding carboxylic acids is 1. The molecule has 0 unspecified atom stereocenters. The lowest BCUT2D eigenvalue weighted by Crippen LogP contribution is -2.07. The second kappa shape index (κ2) is 6.75. The van der Waals surface area contributed by atoms with Crippen LogP contribution in [0.25, 0.3) is 6.08 Å². The van der Waals surface area contributed by atoms with Gasteiger partial charge in [0.15, 0.2) is 0 Å². The fourth-order valence-electron chi connectivity index (χ4n) is 1.53. The Bertz CT molecular complexity index is 582. The van der Waals surface area contributed by atoms with Crippen LogP contribution in [0, 0.1) is 0 Å². The lowest BCUT2D eigenvalue weighted by molar-refractivity contribution is -0.111. The third-order valence-electron chi connectivity index (χ3n) is 2.45. The number of pyridine rings is 1. The van der Waals surface area contributed by atoms with Gasteiger partial charge in [-0.2, -0.15) is 0 Å². The molecule has 0 spiro atoms. The zero-order valence-electron chi connectivity index (χ0n) is 10.5. The largest absolute Gasteiger partial charge is 0.322 e. The normalized spacial score (nSPS) is 10.6. The highest BCUT2D eigenvalue weighted by Gasteiger charge is 1.98. The molecule has 0 aliphatic heterocycles. The number of amides is 1. The fraction of sp³-hybridized carbons (Fsp3) is 0.0667. The molecule has 1 aromatic heterocycles. The van der Waals surface area contributed by atoms with Gasteiger partial charge in [0, 0.05) is 29.1 Å². The average Bonchev–Trinajstić information content (AvgIpc) is 2.46. The summed E-state index contributed by atoms with van der Waals surface area (Å²) < 4.78 is 0. The lowest BCUT2D eigenvalue weighted by Gasteiger charge is -2.03. The topological polar surface area (TPSA) is 42.0 Å². The van der Waals surface area contributed by atoms with Crippen LogP contribution < -0.4 is 5.32 Å². The number of rotatable bonds is 4. The Morgan fingerprint density at radius 1 is 1.32 bits per heavy atom. The molecule has 19 heavy (non-hydrogen) atoms. The standard InChI is InChI=1S/C15H14N2OS/c1-19-14-6-2-5-13(10-14)17-15(18)8-7-12-4-3-9-16-11-12/h2-11H,1H3,(H,17,18)/b8-7+. The summed E-state index contributed by atoms with van der Waals surface area (Å²) in [4.78, 5) is 16.9. The van der Waals surface area contributed by atoms with Gasteiger partial charge in [-0.25, -0.2) is 0 Å². The van der Waals surface area contributed by atoms with Crippen molar-refractivity contribution in [2.24, 2.45) is 0 Å². The van der Waals surface area contributed by atoms with Crippen LogP contribution in [0.4, 0.5) is 5.69 Å². The van der Waals surface area contributed by atoms with Crippen LogP contribution in [0.2, 0.25) is 0 Å². The second-order valence-electron chi connectivity index (χ2n) is 3.84. The number of carbonyl (C=O) groups is 1. The highest BCUT2D eigenvalue weighted by atomic mass is 32.2. The number of thioether (sulfide) groups is 1. The Balaban J connectivity index is 1.99. The van der Waals surface area contributed by atoms with Gasteiger partial charge in [-0.1, -0.05) is 12.1 Å². The summed E-state index contributed by atoms with van der Waals surface area (Å²) in [6, 6.07) is 11.5. The number of anilines is 1. The highest BCUT2D eigenvalue weighted by molar-refractivity contribution is 7.98. The van der Waals surface area contributed by atoms with E-state index in [-0.39, 0.29) is 5.91 Å². The average molecular weight is 270 g/mol. The van der Waals surface area contributed by atoms with Gasteiger partial charge in [-0.3, -0.25) is 9.78 Å². The van der Waals surface area contributed by atoms with E-state index in [1.165, 1.54) is 6.08 Å². The zero-order chi connectivity index (χ0) is 13.5. The Labute approximate surface area is 116 Å². The minimum absolute atomic E-state index is 0.151. The van der Waals surface area contributed by atoms with Crippen molar-refractivity contribution in [1.29, 1.82) is 0 Å². The van der Waals surface area contributed by atoms with Crippen LogP contribution in [0.3, 0.4) is 0 Å². The third kappa shape index (κ3) is 4.26.